The van der Waals surface area contributed by atoms with Gasteiger partial charge in [-0.1, -0.05) is 31.2 Å². The molecular formula is C19H23NO2. The fraction of sp³-hybridized carbons (Fsp3) is 0.316. The van der Waals surface area contributed by atoms with E-state index in [1.165, 1.54) is 11.1 Å². The fourth-order valence-corrected chi connectivity index (χ4v) is 2.64. The van der Waals surface area contributed by atoms with Crippen LogP contribution in [-0.2, 0) is 0 Å². The van der Waals surface area contributed by atoms with Crippen molar-refractivity contribution in [1.82, 2.24) is 5.32 Å². The van der Waals surface area contributed by atoms with Crippen molar-refractivity contribution in [3.05, 3.63) is 64.7 Å². The van der Waals surface area contributed by atoms with Crippen LogP contribution in [0.2, 0.25) is 0 Å². The third-order valence-corrected chi connectivity index (χ3v) is 3.93. The highest BCUT2D eigenvalue weighted by Crippen LogP contribution is 2.22. The molecule has 3 heteroatoms. The number of rotatable bonds is 5. The highest BCUT2D eigenvalue weighted by atomic mass is 16.5. The molecule has 1 amide bonds. The molecule has 0 radical (unpaired) electrons. The summed E-state index contributed by atoms with van der Waals surface area (Å²) >= 11 is 0. The third kappa shape index (κ3) is 3.48. The van der Waals surface area contributed by atoms with Crippen LogP contribution in [-0.4, -0.2) is 13.0 Å². The average molecular weight is 297 g/mol. The van der Waals surface area contributed by atoms with Gasteiger partial charge in [0, 0.05) is 5.56 Å². The first-order valence-corrected chi connectivity index (χ1v) is 7.57. The maximum Gasteiger partial charge on any atom is 0.251 e. The van der Waals surface area contributed by atoms with Crippen LogP contribution < -0.4 is 10.1 Å². The Morgan fingerprint density at radius 2 is 1.86 bits per heavy atom. The lowest BCUT2D eigenvalue weighted by Gasteiger charge is -2.20. The van der Waals surface area contributed by atoms with Crippen LogP contribution in [0.4, 0.5) is 0 Å². The molecule has 0 aliphatic heterocycles. The highest BCUT2D eigenvalue weighted by molar-refractivity contribution is 5.94. The van der Waals surface area contributed by atoms with E-state index < -0.39 is 0 Å². The van der Waals surface area contributed by atoms with Crippen molar-refractivity contribution in [3.8, 4) is 5.75 Å². The highest BCUT2D eigenvalue weighted by Gasteiger charge is 2.16. The van der Waals surface area contributed by atoms with Crippen LogP contribution in [0.1, 0.15) is 46.4 Å². The number of hydrogen-bond donors (Lipinski definition) is 1. The van der Waals surface area contributed by atoms with Gasteiger partial charge in [-0.15, -0.1) is 0 Å². The molecule has 0 heterocycles. The molecular weight excluding hydrogens is 274 g/mol. The summed E-state index contributed by atoms with van der Waals surface area (Å²) in [4.78, 5) is 12.5. The van der Waals surface area contributed by atoms with Crippen molar-refractivity contribution >= 4 is 5.91 Å². The second-order valence-corrected chi connectivity index (χ2v) is 5.48. The molecule has 1 atom stereocenters. The van der Waals surface area contributed by atoms with Gasteiger partial charge in [0.1, 0.15) is 5.75 Å². The Bertz CT molecular complexity index is 664. The monoisotopic (exact) mass is 297 g/mol. The number of methoxy groups -OCH3 is 1. The van der Waals surface area contributed by atoms with E-state index in [-0.39, 0.29) is 11.9 Å². The van der Waals surface area contributed by atoms with E-state index in [0.717, 1.165) is 17.7 Å². The molecule has 22 heavy (non-hydrogen) atoms. The molecule has 0 saturated heterocycles. The summed E-state index contributed by atoms with van der Waals surface area (Å²) in [5.74, 6) is 0.739. The van der Waals surface area contributed by atoms with Gasteiger partial charge in [0.05, 0.1) is 13.2 Å². The van der Waals surface area contributed by atoms with E-state index in [0.29, 0.717) is 5.56 Å². The molecule has 0 aliphatic carbocycles. The predicted molar refractivity (Wildman–Crippen MR) is 89.4 cm³/mol. The maximum absolute atomic E-state index is 12.5. The summed E-state index contributed by atoms with van der Waals surface area (Å²) in [5, 5.41) is 3.13. The minimum atomic E-state index is -0.0548. The summed E-state index contributed by atoms with van der Waals surface area (Å²) in [6.07, 6.45) is 0.853. The fourth-order valence-electron chi connectivity index (χ4n) is 2.64. The molecule has 0 fully saturated rings. The number of amides is 1. The van der Waals surface area contributed by atoms with Crippen molar-refractivity contribution in [1.29, 1.82) is 0 Å². The Hall–Kier alpha value is -2.29. The summed E-state index contributed by atoms with van der Waals surface area (Å²) in [6.45, 7) is 6.09. The van der Waals surface area contributed by atoms with Gasteiger partial charge >= 0.3 is 0 Å². The van der Waals surface area contributed by atoms with Gasteiger partial charge in [-0.05, 0) is 55.2 Å². The molecule has 116 valence electrons. The van der Waals surface area contributed by atoms with E-state index in [1.54, 1.807) is 13.2 Å². The Balaban J connectivity index is 2.19. The van der Waals surface area contributed by atoms with Gasteiger partial charge in [0.25, 0.3) is 5.91 Å². The summed E-state index contributed by atoms with van der Waals surface area (Å²) < 4.78 is 5.24. The second-order valence-electron chi connectivity index (χ2n) is 5.48. The zero-order valence-electron chi connectivity index (χ0n) is 13.6. The zero-order valence-corrected chi connectivity index (χ0v) is 13.6. The van der Waals surface area contributed by atoms with E-state index in [9.17, 15) is 4.79 Å². The van der Waals surface area contributed by atoms with Gasteiger partial charge in [-0.2, -0.15) is 0 Å². The van der Waals surface area contributed by atoms with Crippen LogP contribution in [0.3, 0.4) is 0 Å². The number of benzene rings is 2. The average Bonchev–Trinajstić information content (AvgIpc) is 2.53. The van der Waals surface area contributed by atoms with Crippen molar-refractivity contribution in [2.24, 2.45) is 0 Å². The third-order valence-electron chi connectivity index (χ3n) is 3.93. The molecule has 2 aromatic carbocycles. The summed E-state index contributed by atoms with van der Waals surface area (Å²) in [7, 11) is 1.63. The van der Waals surface area contributed by atoms with Crippen molar-refractivity contribution in [2.75, 3.05) is 7.11 Å². The largest absolute Gasteiger partial charge is 0.496 e. The number of carbonyl (C=O) groups is 1. The Labute approximate surface area is 132 Å². The van der Waals surface area contributed by atoms with Gasteiger partial charge in [0.2, 0.25) is 0 Å². The van der Waals surface area contributed by atoms with Crippen LogP contribution in [0, 0.1) is 13.8 Å². The minimum absolute atomic E-state index is 0.0242. The van der Waals surface area contributed by atoms with Gasteiger partial charge in [0.15, 0.2) is 0 Å². The molecule has 0 bridgehead atoms. The zero-order chi connectivity index (χ0) is 16.1. The summed E-state index contributed by atoms with van der Waals surface area (Å²) in [5.41, 5.74) is 3.98. The van der Waals surface area contributed by atoms with Crippen molar-refractivity contribution < 1.29 is 9.53 Å². The molecule has 2 rings (SSSR count). The first-order valence-electron chi connectivity index (χ1n) is 7.57. The van der Waals surface area contributed by atoms with Crippen LogP contribution in [0.25, 0.3) is 0 Å². The van der Waals surface area contributed by atoms with Gasteiger partial charge < -0.3 is 10.1 Å². The van der Waals surface area contributed by atoms with Gasteiger partial charge in [-0.25, -0.2) is 0 Å². The molecule has 0 aromatic heterocycles. The van der Waals surface area contributed by atoms with Crippen molar-refractivity contribution in [3.63, 3.8) is 0 Å². The quantitative estimate of drug-likeness (QED) is 0.898. The van der Waals surface area contributed by atoms with Gasteiger partial charge in [-0.3, -0.25) is 4.79 Å². The Kier molecular flexibility index (Phi) is 5.21. The van der Waals surface area contributed by atoms with Crippen LogP contribution in [0.5, 0.6) is 5.75 Å². The topological polar surface area (TPSA) is 38.3 Å². The minimum Gasteiger partial charge on any atom is -0.496 e. The molecule has 3 nitrogen and oxygen atoms in total. The smallest absolute Gasteiger partial charge is 0.251 e. The van der Waals surface area contributed by atoms with E-state index >= 15 is 0 Å². The standard InChI is InChI=1S/C19H23NO2/c1-5-17(16-9-7-6-8-13(16)2)20-19(21)15-10-11-18(22-4)14(3)12-15/h6-12,17H,5H2,1-4H3,(H,20,21)/t17-/m0/s1. The SMILES string of the molecule is CC[C@H](NC(=O)c1ccc(OC)c(C)c1)c1ccccc1C. The van der Waals surface area contributed by atoms with Crippen LogP contribution in [0.15, 0.2) is 42.5 Å². The molecule has 0 aliphatic rings. The first-order chi connectivity index (χ1) is 10.6. The van der Waals surface area contributed by atoms with E-state index in [4.69, 9.17) is 4.74 Å². The van der Waals surface area contributed by atoms with Crippen molar-refractivity contribution in [2.45, 2.75) is 33.2 Å². The number of nitrogens with one attached hydrogen (secondary N) is 1. The predicted octanol–water partition coefficient (Wildman–Crippen LogP) is 4.19. The second kappa shape index (κ2) is 7.12. The molecule has 0 unspecified atom stereocenters. The molecule has 0 saturated carbocycles. The van der Waals surface area contributed by atoms with E-state index in [2.05, 4.69) is 31.3 Å². The van der Waals surface area contributed by atoms with E-state index in [1.807, 2.05) is 31.2 Å². The molecule has 2 aromatic rings. The number of ether oxygens (including phenoxy) is 1. The molecule has 0 spiro atoms. The Morgan fingerprint density at radius 3 is 2.45 bits per heavy atom. The molecule has 1 N–H and O–H groups in total. The number of hydrogen-bond acceptors (Lipinski definition) is 2. The lowest BCUT2D eigenvalue weighted by molar-refractivity contribution is 0.0935. The number of aryl methyl sites for hydroxylation is 2. The van der Waals surface area contributed by atoms with Crippen LogP contribution >= 0.6 is 0 Å². The lowest BCUT2D eigenvalue weighted by atomic mass is 9.99. The normalized spacial score (nSPS) is 11.8. The first kappa shape index (κ1) is 16.1. The Morgan fingerprint density at radius 1 is 1.14 bits per heavy atom. The maximum atomic E-state index is 12.5. The number of carbonyl (C=O) groups excluding carboxylic acids is 1. The lowest BCUT2D eigenvalue weighted by Crippen LogP contribution is -2.28. The summed E-state index contributed by atoms with van der Waals surface area (Å²) in [6, 6.07) is 13.7.